The molecule has 1 heterocycles. The molecule has 0 unspecified atom stereocenters. The first-order valence-electron chi connectivity index (χ1n) is 8.92. The second-order valence-electron chi connectivity index (χ2n) is 7.74. The molecule has 1 fully saturated rings. The summed E-state index contributed by atoms with van der Waals surface area (Å²) < 4.78 is 28.6. The van der Waals surface area contributed by atoms with Gasteiger partial charge in [-0.1, -0.05) is 32.9 Å². The molecule has 1 amide bonds. The molecule has 0 spiro atoms. The highest BCUT2D eigenvalue weighted by Gasteiger charge is 2.29. The van der Waals surface area contributed by atoms with Gasteiger partial charge in [-0.15, -0.1) is 11.8 Å². The molecular weight excluding hydrogens is 370 g/mol. The van der Waals surface area contributed by atoms with Crippen molar-refractivity contribution in [3.8, 4) is 5.75 Å². The van der Waals surface area contributed by atoms with Crippen molar-refractivity contribution in [3.05, 3.63) is 29.8 Å². The molecule has 0 radical (unpaired) electrons. The molecule has 5 nitrogen and oxygen atoms in total. The van der Waals surface area contributed by atoms with Gasteiger partial charge in [-0.2, -0.15) is 0 Å². The van der Waals surface area contributed by atoms with Gasteiger partial charge < -0.3 is 10.1 Å². The van der Waals surface area contributed by atoms with Crippen LogP contribution in [0.5, 0.6) is 5.75 Å². The van der Waals surface area contributed by atoms with Gasteiger partial charge in [0.05, 0.1) is 23.4 Å². The van der Waals surface area contributed by atoms with Crippen molar-refractivity contribution in [1.29, 1.82) is 0 Å². The summed E-state index contributed by atoms with van der Waals surface area (Å²) in [6.45, 7) is 8.88. The van der Waals surface area contributed by atoms with E-state index in [1.54, 1.807) is 0 Å². The van der Waals surface area contributed by atoms with Gasteiger partial charge in [0.1, 0.15) is 5.75 Å². The molecule has 7 heteroatoms. The van der Waals surface area contributed by atoms with Crippen LogP contribution in [0.3, 0.4) is 0 Å². The molecule has 0 saturated carbocycles. The molecule has 146 valence electrons. The number of rotatable bonds is 7. The minimum atomic E-state index is -2.97. The van der Waals surface area contributed by atoms with E-state index in [1.807, 2.05) is 19.1 Å². The number of amides is 1. The topological polar surface area (TPSA) is 72.5 Å². The van der Waals surface area contributed by atoms with Gasteiger partial charge in [-0.3, -0.25) is 4.79 Å². The van der Waals surface area contributed by atoms with Crippen molar-refractivity contribution in [2.24, 2.45) is 0 Å². The highest BCUT2D eigenvalue weighted by molar-refractivity contribution is 8.00. The molecule has 0 aliphatic carbocycles. The van der Waals surface area contributed by atoms with E-state index in [0.717, 1.165) is 5.75 Å². The van der Waals surface area contributed by atoms with E-state index in [4.69, 9.17) is 4.74 Å². The second-order valence-corrected chi connectivity index (χ2v) is 11.4. The van der Waals surface area contributed by atoms with Crippen molar-refractivity contribution < 1.29 is 17.9 Å². The van der Waals surface area contributed by atoms with Crippen LogP contribution in [-0.2, 0) is 20.0 Å². The number of hydrogen-bond acceptors (Lipinski definition) is 5. The predicted octanol–water partition coefficient (Wildman–Crippen LogP) is 2.79. The van der Waals surface area contributed by atoms with Crippen LogP contribution in [0.4, 0.5) is 0 Å². The Morgan fingerprint density at radius 2 is 1.96 bits per heavy atom. The third-order valence-corrected chi connectivity index (χ3v) is 7.27. The summed E-state index contributed by atoms with van der Waals surface area (Å²) in [6.07, 6.45) is 0.513. The zero-order chi connectivity index (χ0) is 19.4. The smallest absolute Gasteiger partial charge is 0.233 e. The molecule has 2 rings (SSSR count). The van der Waals surface area contributed by atoms with Crippen molar-refractivity contribution in [1.82, 2.24) is 5.32 Å². The Kier molecular flexibility index (Phi) is 7.02. The third kappa shape index (κ3) is 6.50. The number of ether oxygens (including phenoxy) is 1. The number of hydrogen-bond donors (Lipinski definition) is 1. The van der Waals surface area contributed by atoms with Gasteiger partial charge in [0, 0.05) is 11.8 Å². The Bertz CT molecular complexity index is 708. The average molecular weight is 400 g/mol. The lowest BCUT2D eigenvalue weighted by Gasteiger charge is -2.19. The summed E-state index contributed by atoms with van der Waals surface area (Å²) >= 11 is 1.51. The van der Waals surface area contributed by atoms with E-state index in [2.05, 4.69) is 38.2 Å². The first-order valence-corrected chi connectivity index (χ1v) is 11.8. The minimum absolute atomic E-state index is 0.0593. The van der Waals surface area contributed by atoms with E-state index in [0.29, 0.717) is 18.8 Å². The normalized spacial score (nSPS) is 20.5. The number of sulfone groups is 1. The number of thioether (sulfide) groups is 1. The third-order valence-electron chi connectivity index (χ3n) is 4.39. The van der Waals surface area contributed by atoms with Gasteiger partial charge >= 0.3 is 0 Å². The molecule has 1 aliphatic rings. The summed E-state index contributed by atoms with van der Waals surface area (Å²) in [6, 6.07) is 7.86. The largest absolute Gasteiger partial charge is 0.493 e. The summed E-state index contributed by atoms with van der Waals surface area (Å²) in [4.78, 5) is 12.1. The molecule has 26 heavy (non-hydrogen) atoms. The van der Waals surface area contributed by atoms with Crippen LogP contribution in [0.2, 0.25) is 0 Å². The summed E-state index contributed by atoms with van der Waals surface area (Å²) in [5.41, 5.74) is 1.38. The predicted molar refractivity (Wildman–Crippen MR) is 108 cm³/mol. The number of benzene rings is 1. The van der Waals surface area contributed by atoms with Crippen LogP contribution in [0, 0.1) is 0 Å². The maximum absolute atomic E-state index is 12.1. The highest BCUT2D eigenvalue weighted by atomic mass is 32.2. The van der Waals surface area contributed by atoms with E-state index < -0.39 is 9.84 Å². The molecule has 1 aliphatic heterocycles. The van der Waals surface area contributed by atoms with E-state index >= 15 is 0 Å². The number of carbonyl (C=O) groups excluding carboxylic acids is 1. The first kappa shape index (κ1) is 21.1. The molecular formula is C19H29NO4S2. The van der Waals surface area contributed by atoms with Crippen LogP contribution < -0.4 is 10.1 Å². The fourth-order valence-electron chi connectivity index (χ4n) is 2.74. The summed E-state index contributed by atoms with van der Waals surface area (Å²) in [5, 5.41) is 2.60. The van der Waals surface area contributed by atoms with Gasteiger partial charge in [0.25, 0.3) is 0 Å². The van der Waals surface area contributed by atoms with E-state index in [9.17, 15) is 13.2 Å². The Hall–Kier alpha value is -1.21. The zero-order valence-corrected chi connectivity index (χ0v) is 17.6. The molecule has 0 bridgehead atoms. The lowest BCUT2D eigenvalue weighted by atomic mass is 9.87. The van der Waals surface area contributed by atoms with Gasteiger partial charge in [-0.05, 0) is 36.5 Å². The van der Waals surface area contributed by atoms with Crippen LogP contribution in [0.25, 0.3) is 0 Å². The molecule has 2 atom stereocenters. The maximum atomic E-state index is 12.1. The Morgan fingerprint density at radius 1 is 1.31 bits per heavy atom. The molecule has 1 saturated heterocycles. The number of nitrogens with one attached hydrogen (secondary N) is 1. The van der Waals surface area contributed by atoms with Crippen LogP contribution in [0.15, 0.2) is 24.3 Å². The molecule has 0 aromatic heterocycles. The SMILES string of the molecule is C[C@H](SCCOc1ccc(C(C)(C)C)cc1)C(=O)N[C@H]1CCS(=O)(=O)C1. The number of carbonyl (C=O) groups is 1. The monoisotopic (exact) mass is 399 g/mol. The van der Waals surface area contributed by atoms with Crippen molar-refractivity contribution in [2.45, 2.75) is 50.8 Å². The van der Waals surface area contributed by atoms with Crippen molar-refractivity contribution >= 4 is 27.5 Å². The van der Waals surface area contributed by atoms with Gasteiger partial charge in [0.15, 0.2) is 9.84 Å². The minimum Gasteiger partial charge on any atom is -0.493 e. The first-order chi connectivity index (χ1) is 12.1. The van der Waals surface area contributed by atoms with Crippen molar-refractivity contribution in [2.75, 3.05) is 23.9 Å². The molecule has 1 aromatic rings. The Labute approximate surface area is 161 Å². The van der Waals surface area contributed by atoms with Crippen molar-refractivity contribution in [3.63, 3.8) is 0 Å². The fraction of sp³-hybridized carbons (Fsp3) is 0.632. The van der Waals surface area contributed by atoms with Crippen LogP contribution in [-0.4, -0.2) is 49.5 Å². The lowest BCUT2D eigenvalue weighted by molar-refractivity contribution is -0.120. The van der Waals surface area contributed by atoms with E-state index in [-0.39, 0.29) is 34.1 Å². The second kappa shape index (κ2) is 8.65. The van der Waals surface area contributed by atoms with Gasteiger partial charge in [0.2, 0.25) is 5.91 Å². The quantitative estimate of drug-likeness (QED) is 0.714. The molecule has 1 N–H and O–H groups in total. The summed E-state index contributed by atoms with van der Waals surface area (Å²) in [5.74, 6) is 1.64. The molecule has 1 aromatic carbocycles. The van der Waals surface area contributed by atoms with Gasteiger partial charge in [-0.25, -0.2) is 8.42 Å². The fourth-order valence-corrected chi connectivity index (χ4v) is 5.16. The Balaban J connectivity index is 1.68. The maximum Gasteiger partial charge on any atom is 0.233 e. The highest BCUT2D eigenvalue weighted by Crippen LogP contribution is 2.24. The lowest BCUT2D eigenvalue weighted by Crippen LogP contribution is -2.40. The summed E-state index contributed by atoms with van der Waals surface area (Å²) in [7, 11) is -2.97. The zero-order valence-electron chi connectivity index (χ0n) is 15.9. The Morgan fingerprint density at radius 3 is 2.50 bits per heavy atom. The van der Waals surface area contributed by atoms with Crippen LogP contribution >= 0.6 is 11.8 Å². The standard InChI is InChI=1S/C19H29NO4S2/c1-14(18(21)20-16-9-12-26(22,23)13-16)25-11-10-24-17-7-5-15(6-8-17)19(2,3)4/h5-8,14,16H,9-13H2,1-4H3,(H,20,21)/t14-,16-/m0/s1. The van der Waals surface area contributed by atoms with E-state index in [1.165, 1.54) is 17.3 Å². The van der Waals surface area contributed by atoms with Crippen LogP contribution in [0.1, 0.15) is 39.7 Å². The average Bonchev–Trinajstić information content (AvgIpc) is 2.89.